The fourth-order valence-corrected chi connectivity index (χ4v) is 4.02. The van der Waals surface area contributed by atoms with Gasteiger partial charge >= 0.3 is 0 Å². The van der Waals surface area contributed by atoms with Crippen molar-refractivity contribution in [2.24, 2.45) is 11.7 Å². The number of hydrogen-bond donors (Lipinski definition) is 3. The van der Waals surface area contributed by atoms with Crippen molar-refractivity contribution in [3.8, 4) is 11.3 Å². The van der Waals surface area contributed by atoms with Crippen molar-refractivity contribution in [1.82, 2.24) is 30.2 Å². The molecular formula is C24H27N7. The average Bonchev–Trinajstić information content (AvgIpc) is 3.45. The zero-order valence-corrected chi connectivity index (χ0v) is 17.7. The molecule has 0 spiro atoms. The lowest BCUT2D eigenvalue weighted by Crippen LogP contribution is -2.20. The normalized spacial score (nSPS) is 13.9. The second kappa shape index (κ2) is 8.35. The number of nitrogens with one attached hydrogen (secondary N) is 2. The number of benzene rings is 2. The van der Waals surface area contributed by atoms with Crippen LogP contribution in [0.2, 0.25) is 0 Å². The van der Waals surface area contributed by atoms with Gasteiger partial charge in [0, 0.05) is 22.2 Å². The number of aryl methyl sites for hydroxylation is 1. The summed E-state index contributed by atoms with van der Waals surface area (Å²) in [5.74, 6) is 0.894. The van der Waals surface area contributed by atoms with E-state index in [1.807, 2.05) is 35.3 Å². The van der Waals surface area contributed by atoms with Crippen LogP contribution in [0.25, 0.3) is 33.1 Å². The van der Waals surface area contributed by atoms with Crippen LogP contribution in [0.1, 0.15) is 30.5 Å². The standard InChI is InChI=1S/C19H16N6.C5H11N/c1-12-7-14-6-5-13(8-18(14)21-12)10-25-11-19(23-24-25)15-3-2-4-17-16(15)9-20-22-17;6-4-5-2-1-3-5/h2-9,11,21H,10H2,1H3,(H,20,22);5H,1-4,6H2. The Morgan fingerprint density at radius 1 is 1.13 bits per heavy atom. The number of H-pyrrole nitrogens is 2. The summed E-state index contributed by atoms with van der Waals surface area (Å²) in [5, 5.41) is 18.0. The Hall–Kier alpha value is -3.45. The van der Waals surface area contributed by atoms with Gasteiger partial charge in [-0.05, 0) is 61.4 Å². The quantitative estimate of drug-likeness (QED) is 0.406. The van der Waals surface area contributed by atoms with Gasteiger partial charge in [0.15, 0.2) is 0 Å². The summed E-state index contributed by atoms with van der Waals surface area (Å²) in [6, 6.07) is 14.6. The van der Waals surface area contributed by atoms with E-state index in [4.69, 9.17) is 5.73 Å². The van der Waals surface area contributed by atoms with Crippen LogP contribution in [-0.2, 0) is 6.54 Å². The van der Waals surface area contributed by atoms with Gasteiger partial charge in [0.25, 0.3) is 0 Å². The summed E-state index contributed by atoms with van der Waals surface area (Å²) in [6.07, 6.45) is 7.99. The Bertz CT molecular complexity index is 1300. The van der Waals surface area contributed by atoms with E-state index in [9.17, 15) is 0 Å². The lowest BCUT2D eigenvalue weighted by Gasteiger charge is -2.22. The predicted octanol–water partition coefficient (Wildman–Crippen LogP) is 4.40. The highest BCUT2D eigenvalue weighted by atomic mass is 15.4. The van der Waals surface area contributed by atoms with E-state index in [1.165, 1.54) is 35.9 Å². The highest BCUT2D eigenvalue weighted by Crippen LogP contribution is 2.26. The first-order chi connectivity index (χ1) is 15.2. The first-order valence-electron chi connectivity index (χ1n) is 10.8. The third kappa shape index (κ3) is 4.09. The highest BCUT2D eigenvalue weighted by molar-refractivity contribution is 5.93. The fourth-order valence-electron chi connectivity index (χ4n) is 4.02. The van der Waals surface area contributed by atoms with Crippen LogP contribution < -0.4 is 5.73 Å². The Morgan fingerprint density at radius 3 is 2.81 bits per heavy atom. The van der Waals surface area contributed by atoms with Gasteiger partial charge in [-0.2, -0.15) is 5.10 Å². The second-order valence-electron chi connectivity index (χ2n) is 8.34. The maximum absolute atomic E-state index is 5.33. The van der Waals surface area contributed by atoms with Crippen LogP contribution in [0.3, 0.4) is 0 Å². The van der Waals surface area contributed by atoms with Crippen molar-refractivity contribution >= 4 is 21.8 Å². The molecule has 3 aromatic heterocycles. The van der Waals surface area contributed by atoms with E-state index in [2.05, 4.69) is 56.7 Å². The molecule has 7 nitrogen and oxygen atoms in total. The number of nitrogens with zero attached hydrogens (tertiary/aromatic N) is 4. The molecule has 5 aromatic rings. The summed E-state index contributed by atoms with van der Waals surface area (Å²) < 4.78 is 1.87. The SMILES string of the molecule is Cc1cc2ccc(Cn3cc(-c4cccc5[nH]ncc45)nn3)cc2[nH]1.NCC1CCC1. The van der Waals surface area contributed by atoms with E-state index >= 15 is 0 Å². The molecule has 1 saturated carbocycles. The molecule has 6 rings (SSSR count). The molecule has 1 aliphatic rings. The van der Waals surface area contributed by atoms with E-state index in [1.54, 1.807) is 0 Å². The average molecular weight is 414 g/mol. The van der Waals surface area contributed by atoms with Gasteiger partial charge in [0.2, 0.25) is 0 Å². The lowest BCUT2D eigenvalue weighted by atomic mass is 9.86. The Balaban J connectivity index is 0.000000296. The number of nitrogens with two attached hydrogens (primary N) is 1. The largest absolute Gasteiger partial charge is 0.359 e. The number of aromatic nitrogens is 6. The third-order valence-electron chi connectivity index (χ3n) is 6.02. The summed E-state index contributed by atoms with van der Waals surface area (Å²) in [5.41, 5.74) is 11.7. The van der Waals surface area contributed by atoms with Gasteiger partial charge < -0.3 is 10.7 Å². The number of fused-ring (bicyclic) bond motifs is 2. The van der Waals surface area contributed by atoms with Crippen LogP contribution in [0.4, 0.5) is 0 Å². The first-order valence-corrected chi connectivity index (χ1v) is 10.8. The minimum absolute atomic E-state index is 0.683. The van der Waals surface area contributed by atoms with Crippen molar-refractivity contribution in [3.05, 3.63) is 66.1 Å². The number of aromatic amines is 2. The van der Waals surface area contributed by atoms with Crippen LogP contribution >= 0.6 is 0 Å². The maximum Gasteiger partial charge on any atom is 0.113 e. The van der Waals surface area contributed by atoms with Crippen molar-refractivity contribution in [3.63, 3.8) is 0 Å². The molecule has 3 heterocycles. The molecule has 0 unspecified atom stereocenters. The van der Waals surface area contributed by atoms with Gasteiger partial charge in [-0.15, -0.1) is 5.10 Å². The van der Waals surface area contributed by atoms with Crippen molar-refractivity contribution in [2.45, 2.75) is 32.7 Å². The molecule has 4 N–H and O–H groups in total. The van der Waals surface area contributed by atoms with E-state index in [-0.39, 0.29) is 0 Å². The highest BCUT2D eigenvalue weighted by Gasteiger charge is 2.14. The van der Waals surface area contributed by atoms with Gasteiger partial charge in [0.05, 0.1) is 24.5 Å². The van der Waals surface area contributed by atoms with Crippen LogP contribution in [0.5, 0.6) is 0 Å². The Kier molecular flexibility index (Phi) is 5.26. The molecule has 31 heavy (non-hydrogen) atoms. The summed E-state index contributed by atoms with van der Waals surface area (Å²) >= 11 is 0. The summed E-state index contributed by atoms with van der Waals surface area (Å²) in [7, 11) is 0. The van der Waals surface area contributed by atoms with E-state index < -0.39 is 0 Å². The lowest BCUT2D eigenvalue weighted by molar-refractivity contribution is 0.325. The third-order valence-corrected chi connectivity index (χ3v) is 6.02. The molecular weight excluding hydrogens is 386 g/mol. The minimum Gasteiger partial charge on any atom is -0.359 e. The number of rotatable bonds is 4. The smallest absolute Gasteiger partial charge is 0.113 e. The fraction of sp³-hybridized carbons (Fsp3) is 0.292. The molecule has 0 bridgehead atoms. The van der Waals surface area contributed by atoms with Crippen molar-refractivity contribution in [1.29, 1.82) is 0 Å². The van der Waals surface area contributed by atoms with Crippen LogP contribution in [0.15, 0.2) is 54.9 Å². The second-order valence-corrected chi connectivity index (χ2v) is 8.34. The van der Waals surface area contributed by atoms with Crippen LogP contribution in [-0.4, -0.2) is 36.7 Å². The van der Waals surface area contributed by atoms with Crippen molar-refractivity contribution in [2.75, 3.05) is 6.54 Å². The van der Waals surface area contributed by atoms with Gasteiger partial charge in [-0.25, -0.2) is 4.68 Å². The summed E-state index contributed by atoms with van der Waals surface area (Å²) in [6.45, 7) is 3.67. The van der Waals surface area contributed by atoms with E-state index in [0.717, 1.165) is 40.1 Å². The molecule has 0 radical (unpaired) electrons. The molecule has 7 heteroatoms. The Labute approximate surface area is 180 Å². The monoisotopic (exact) mass is 413 g/mol. The van der Waals surface area contributed by atoms with Gasteiger partial charge in [0.1, 0.15) is 5.69 Å². The van der Waals surface area contributed by atoms with Gasteiger partial charge in [-0.3, -0.25) is 5.10 Å². The van der Waals surface area contributed by atoms with E-state index in [0.29, 0.717) is 6.54 Å². The molecule has 1 fully saturated rings. The van der Waals surface area contributed by atoms with Gasteiger partial charge in [-0.1, -0.05) is 35.9 Å². The zero-order chi connectivity index (χ0) is 21.2. The van der Waals surface area contributed by atoms with Crippen LogP contribution in [0, 0.1) is 12.8 Å². The zero-order valence-electron chi connectivity index (χ0n) is 17.7. The molecule has 1 aliphatic carbocycles. The molecule has 0 atom stereocenters. The molecule has 0 amide bonds. The predicted molar refractivity (Wildman–Crippen MR) is 124 cm³/mol. The maximum atomic E-state index is 5.33. The molecule has 158 valence electrons. The minimum atomic E-state index is 0.683. The first kappa shape index (κ1) is 19.5. The Morgan fingerprint density at radius 2 is 2.03 bits per heavy atom. The molecule has 0 aliphatic heterocycles. The molecule has 0 saturated heterocycles. The van der Waals surface area contributed by atoms with Crippen molar-refractivity contribution < 1.29 is 0 Å². The summed E-state index contributed by atoms with van der Waals surface area (Å²) in [4.78, 5) is 3.38. The number of hydrogen-bond acceptors (Lipinski definition) is 4. The topological polar surface area (TPSA) is 101 Å². The molecule has 2 aromatic carbocycles.